The van der Waals surface area contributed by atoms with Crippen molar-refractivity contribution in [1.82, 2.24) is 0 Å². The predicted molar refractivity (Wildman–Crippen MR) is 72.6 cm³/mol. The van der Waals surface area contributed by atoms with Crippen LogP contribution in [-0.4, -0.2) is 12.2 Å². The Bertz CT molecular complexity index is 545. The zero-order chi connectivity index (χ0) is 13.8. The Morgan fingerprint density at radius 2 is 1.84 bits per heavy atom. The fraction of sp³-hybridized carbons (Fsp3) is 0.200. The van der Waals surface area contributed by atoms with Gasteiger partial charge in [-0.15, -0.1) is 0 Å². The van der Waals surface area contributed by atoms with Gasteiger partial charge in [0.05, 0.1) is 0 Å². The van der Waals surface area contributed by atoms with Crippen LogP contribution in [0, 0.1) is 5.82 Å². The summed E-state index contributed by atoms with van der Waals surface area (Å²) >= 11 is 5.70. The van der Waals surface area contributed by atoms with Crippen molar-refractivity contribution >= 4 is 11.6 Å². The molecule has 0 saturated heterocycles. The second-order valence-electron chi connectivity index (χ2n) is 4.18. The molecule has 2 unspecified atom stereocenters. The number of hydrogen-bond acceptors (Lipinski definition) is 2. The van der Waals surface area contributed by atoms with Gasteiger partial charge in [0.1, 0.15) is 18.0 Å². The first kappa shape index (κ1) is 14.0. The van der Waals surface area contributed by atoms with Crippen LogP contribution in [0.2, 0.25) is 5.02 Å². The molecule has 2 atom stereocenters. The Morgan fingerprint density at radius 1 is 1.16 bits per heavy atom. The minimum absolute atomic E-state index is 0.167. The molecule has 2 aromatic rings. The third kappa shape index (κ3) is 3.13. The third-order valence-corrected chi connectivity index (χ3v) is 3.19. The zero-order valence-electron chi connectivity index (χ0n) is 10.4. The Kier molecular flexibility index (Phi) is 4.53. The monoisotopic (exact) mass is 280 g/mol. The quantitative estimate of drug-likeness (QED) is 0.920. The second-order valence-corrected chi connectivity index (χ2v) is 4.61. The van der Waals surface area contributed by atoms with E-state index >= 15 is 0 Å². The molecule has 100 valence electrons. The molecule has 2 rings (SSSR count). The average Bonchev–Trinajstić information content (AvgIpc) is 2.40. The summed E-state index contributed by atoms with van der Waals surface area (Å²) in [4.78, 5) is 0. The van der Waals surface area contributed by atoms with Crippen LogP contribution in [0.15, 0.2) is 48.5 Å². The fourth-order valence-corrected chi connectivity index (χ4v) is 2.15. The first-order valence-electron chi connectivity index (χ1n) is 5.84. The Hall–Kier alpha value is -1.42. The standard InChI is InChI=1S/C15H14ClFO2/c1-19-15(10-5-3-2-4-6-10)14(18)12-8-7-11(16)9-13(12)17/h2-9,14-15,18H,1H3. The van der Waals surface area contributed by atoms with E-state index in [2.05, 4.69) is 0 Å². The summed E-state index contributed by atoms with van der Waals surface area (Å²) in [5, 5.41) is 10.6. The highest BCUT2D eigenvalue weighted by Crippen LogP contribution is 2.33. The summed E-state index contributed by atoms with van der Waals surface area (Å²) in [5.41, 5.74) is 0.951. The van der Waals surface area contributed by atoms with Gasteiger partial charge in [0.2, 0.25) is 0 Å². The Morgan fingerprint density at radius 3 is 2.42 bits per heavy atom. The fourth-order valence-electron chi connectivity index (χ4n) is 1.99. The number of halogens is 2. The maximum atomic E-state index is 13.8. The van der Waals surface area contributed by atoms with E-state index < -0.39 is 18.0 Å². The lowest BCUT2D eigenvalue weighted by Gasteiger charge is -2.22. The van der Waals surface area contributed by atoms with Gasteiger partial charge in [-0.25, -0.2) is 4.39 Å². The van der Waals surface area contributed by atoms with Gasteiger partial charge in [-0.05, 0) is 17.7 Å². The van der Waals surface area contributed by atoms with Crippen LogP contribution in [0.5, 0.6) is 0 Å². The molecule has 0 aliphatic heterocycles. The van der Waals surface area contributed by atoms with Gasteiger partial charge in [-0.3, -0.25) is 0 Å². The van der Waals surface area contributed by atoms with Gasteiger partial charge in [0, 0.05) is 17.7 Å². The Labute approximate surface area is 116 Å². The molecule has 1 N–H and O–H groups in total. The first-order valence-corrected chi connectivity index (χ1v) is 6.22. The van der Waals surface area contributed by atoms with E-state index in [1.165, 1.54) is 19.2 Å². The molecule has 0 heterocycles. The molecular weight excluding hydrogens is 267 g/mol. The van der Waals surface area contributed by atoms with Crippen molar-refractivity contribution in [3.8, 4) is 0 Å². The largest absolute Gasteiger partial charge is 0.385 e. The molecule has 19 heavy (non-hydrogen) atoms. The van der Waals surface area contributed by atoms with Crippen LogP contribution in [0.25, 0.3) is 0 Å². The topological polar surface area (TPSA) is 29.5 Å². The molecule has 0 spiro atoms. The van der Waals surface area contributed by atoms with Crippen molar-refractivity contribution in [2.24, 2.45) is 0 Å². The minimum Gasteiger partial charge on any atom is -0.385 e. The number of hydrogen-bond donors (Lipinski definition) is 1. The Balaban J connectivity index is 2.33. The lowest BCUT2D eigenvalue weighted by atomic mass is 9.98. The summed E-state index contributed by atoms with van der Waals surface area (Å²) < 4.78 is 19.1. The number of rotatable bonds is 4. The van der Waals surface area contributed by atoms with E-state index in [1.807, 2.05) is 30.3 Å². The second kappa shape index (κ2) is 6.15. The molecule has 0 fully saturated rings. The van der Waals surface area contributed by atoms with E-state index in [4.69, 9.17) is 16.3 Å². The summed E-state index contributed by atoms with van der Waals surface area (Å²) in [5.74, 6) is -0.544. The number of benzene rings is 2. The molecule has 0 aliphatic carbocycles. The maximum Gasteiger partial charge on any atom is 0.130 e. The van der Waals surface area contributed by atoms with Crippen molar-refractivity contribution in [3.05, 3.63) is 70.5 Å². The van der Waals surface area contributed by atoms with Crippen molar-refractivity contribution in [2.45, 2.75) is 12.2 Å². The molecule has 0 aromatic heterocycles. The normalized spacial score (nSPS) is 14.1. The highest BCUT2D eigenvalue weighted by molar-refractivity contribution is 6.30. The van der Waals surface area contributed by atoms with E-state index in [0.717, 1.165) is 5.56 Å². The lowest BCUT2D eigenvalue weighted by molar-refractivity contribution is -0.0165. The maximum absolute atomic E-state index is 13.8. The van der Waals surface area contributed by atoms with Crippen molar-refractivity contribution < 1.29 is 14.2 Å². The molecule has 2 nitrogen and oxygen atoms in total. The summed E-state index contributed by atoms with van der Waals surface area (Å²) in [6.07, 6.45) is -1.72. The first-order chi connectivity index (χ1) is 9.13. The van der Waals surface area contributed by atoms with Crippen LogP contribution < -0.4 is 0 Å². The van der Waals surface area contributed by atoms with Gasteiger partial charge < -0.3 is 9.84 Å². The predicted octanol–water partition coefficient (Wildman–Crippen LogP) is 3.90. The summed E-state index contributed by atoms with van der Waals surface area (Å²) in [7, 11) is 1.48. The average molecular weight is 281 g/mol. The smallest absolute Gasteiger partial charge is 0.130 e. The number of aliphatic hydroxyl groups is 1. The number of ether oxygens (including phenoxy) is 1. The summed E-state index contributed by atoms with van der Waals surface area (Å²) in [6.45, 7) is 0. The van der Waals surface area contributed by atoms with E-state index in [-0.39, 0.29) is 5.56 Å². The van der Waals surface area contributed by atoms with Crippen molar-refractivity contribution in [2.75, 3.05) is 7.11 Å². The van der Waals surface area contributed by atoms with Gasteiger partial charge in [0.15, 0.2) is 0 Å². The van der Waals surface area contributed by atoms with Crippen LogP contribution in [0.1, 0.15) is 23.3 Å². The molecule has 0 bridgehead atoms. The van der Waals surface area contributed by atoms with Gasteiger partial charge in [-0.2, -0.15) is 0 Å². The van der Waals surface area contributed by atoms with Crippen LogP contribution in [-0.2, 0) is 4.74 Å². The van der Waals surface area contributed by atoms with E-state index in [0.29, 0.717) is 5.02 Å². The molecule has 4 heteroatoms. The van der Waals surface area contributed by atoms with Gasteiger partial charge >= 0.3 is 0 Å². The van der Waals surface area contributed by atoms with E-state index in [1.54, 1.807) is 6.07 Å². The molecule has 2 aromatic carbocycles. The molecule has 0 amide bonds. The zero-order valence-corrected chi connectivity index (χ0v) is 11.1. The van der Waals surface area contributed by atoms with Crippen LogP contribution in [0.4, 0.5) is 4.39 Å². The lowest BCUT2D eigenvalue weighted by Crippen LogP contribution is -2.14. The minimum atomic E-state index is -1.09. The van der Waals surface area contributed by atoms with Gasteiger partial charge in [-0.1, -0.05) is 48.0 Å². The molecule has 0 radical (unpaired) electrons. The number of aliphatic hydroxyl groups excluding tert-OH is 1. The number of methoxy groups -OCH3 is 1. The van der Waals surface area contributed by atoms with E-state index in [9.17, 15) is 9.50 Å². The summed E-state index contributed by atoms with van der Waals surface area (Å²) in [6, 6.07) is 13.4. The highest BCUT2D eigenvalue weighted by atomic mass is 35.5. The van der Waals surface area contributed by atoms with Crippen LogP contribution in [0.3, 0.4) is 0 Å². The van der Waals surface area contributed by atoms with Crippen molar-refractivity contribution in [1.29, 1.82) is 0 Å². The third-order valence-electron chi connectivity index (χ3n) is 2.95. The van der Waals surface area contributed by atoms with Crippen molar-refractivity contribution in [3.63, 3.8) is 0 Å². The van der Waals surface area contributed by atoms with Gasteiger partial charge in [0.25, 0.3) is 0 Å². The highest BCUT2D eigenvalue weighted by Gasteiger charge is 2.24. The molecule has 0 aliphatic rings. The molecule has 0 saturated carbocycles. The SMILES string of the molecule is COC(c1ccccc1)C(O)c1ccc(Cl)cc1F. The van der Waals surface area contributed by atoms with Crippen LogP contribution >= 0.6 is 11.6 Å². The molecular formula is C15H14ClFO2.